The molecule has 2 fully saturated rings. The molecule has 0 bridgehead atoms. The van der Waals surface area contributed by atoms with E-state index in [0.29, 0.717) is 25.6 Å². The maximum atomic E-state index is 10.7. The van der Waals surface area contributed by atoms with Crippen molar-refractivity contribution >= 4 is 5.91 Å². The number of rotatable bonds is 3. The van der Waals surface area contributed by atoms with E-state index in [4.69, 9.17) is 15.2 Å². The van der Waals surface area contributed by atoms with Crippen molar-refractivity contribution in [2.75, 3.05) is 13.2 Å². The van der Waals surface area contributed by atoms with Crippen LogP contribution in [0.4, 0.5) is 0 Å². The van der Waals surface area contributed by atoms with Crippen LogP contribution in [-0.4, -0.2) is 24.9 Å². The van der Waals surface area contributed by atoms with Crippen LogP contribution in [0.25, 0.3) is 0 Å². The fraction of sp³-hybridized carbons (Fsp3) is 0.909. The van der Waals surface area contributed by atoms with E-state index < -0.39 is 0 Å². The highest BCUT2D eigenvalue weighted by atomic mass is 16.7. The molecule has 4 heteroatoms. The minimum absolute atomic E-state index is 0.206. The topological polar surface area (TPSA) is 61.6 Å². The van der Waals surface area contributed by atoms with E-state index in [1.807, 2.05) is 0 Å². The second-order valence-corrected chi connectivity index (χ2v) is 4.57. The van der Waals surface area contributed by atoms with Crippen LogP contribution in [0.5, 0.6) is 0 Å². The van der Waals surface area contributed by atoms with Crippen LogP contribution in [0, 0.1) is 5.92 Å². The molecular formula is C11H19NO3. The van der Waals surface area contributed by atoms with E-state index in [1.54, 1.807) is 0 Å². The lowest BCUT2D eigenvalue weighted by Crippen LogP contribution is -2.36. The molecule has 1 spiro atoms. The van der Waals surface area contributed by atoms with Gasteiger partial charge in [0.15, 0.2) is 5.79 Å². The highest BCUT2D eigenvalue weighted by Gasteiger charge is 2.41. The minimum Gasteiger partial charge on any atom is -0.370 e. The molecule has 2 aliphatic rings. The van der Waals surface area contributed by atoms with E-state index >= 15 is 0 Å². The molecule has 0 aromatic heterocycles. The summed E-state index contributed by atoms with van der Waals surface area (Å²) in [5.41, 5.74) is 5.15. The lowest BCUT2D eigenvalue weighted by atomic mass is 9.82. The highest BCUT2D eigenvalue weighted by molar-refractivity contribution is 5.73. The summed E-state index contributed by atoms with van der Waals surface area (Å²) in [6.07, 6.45) is 5.59. The second kappa shape index (κ2) is 4.49. The lowest BCUT2D eigenvalue weighted by molar-refractivity contribution is -0.187. The van der Waals surface area contributed by atoms with Crippen LogP contribution in [0.1, 0.15) is 38.5 Å². The summed E-state index contributed by atoms with van der Waals surface area (Å²) in [6.45, 7) is 1.42. The summed E-state index contributed by atoms with van der Waals surface area (Å²) in [6, 6.07) is 0. The van der Waals surface area contributed by atoms with Gasteiger partial charge < -0.3 is 15.2 Å². The van der Waals surface area contributed by atoms with Crippen LogP contribution < -0.4 is 5.73 Å². The molecule has 15 heavy (non-hydrogen) atoms. The van der Waals surface area contributed by atoms with Gasteiger partial charge in [-0.15, -0.1) is 0 Å². The molecule has 1 saturated heterocycles. The summed E-state index contributed by atoms with van der Waals surface area (Å²) < 4.78 is 11.4. The zero-order chi connectivity index (χ0) is 10.7. The van der Waals surface area contributed by atoms with E-state index in [0.717, 1.165) is 25.7 Å². The molecule has 2 N–H and O–H groups in total. The Labute approximate surface area is 90.1 Å². The molecular weight excluding hydrogens is 194 g/mol. The first-order valence-corrected chi connectivity index (χ1v) is 5.76. The van der Waals surface area contributed by atoms with Crippen LogP contribution >= 0.6 is 0 Å². The fourth-order valence-corrected chi connectivity index (χ4v) is 2.66. The van der Waals surface area contributed by atoms with Crippen molar-refractivity contribution in [1.82, 2.24) is 0 Å². The SMILES string of the molecule is NC(=O)CCC1CCCC2(C1)OCCO2. The van der Waals surface area contributed by atoms with Gasteiger partial charge in [0.25, 0.3) is 0 Å². The predicted molar refractivity (Wildman–Crippen MR) is 55.0 cm³/mol. The molecule has 2 rings (SSSR count). The standard InChI is InChI=1S/C11H19NO3/c12-10(13)4-3-9-2-1-5-11(8-9)14-6-7-15-11/h9H,1-8H2,(H2,12,13). The minimum atomic E-state index is -0.319. The Bertz CT molecular complexity index is 236. The summed E-state index contributed by atoms with van der Waals surface area (Å²) in [5.74, 6) is 0.00725. The van der Waals surface area contributed by atoms with Crippen molar-refractivity contribution in [3.05, 3.63) is 0 Å². The summed E-state index contributed by atoms with van der Waals surface area (Å²) in [4.78, 5) is 10.7. The van der Waals surface area contributed by atoms with Crippen molar-refractivity contribution in [3.8, 4) is 0 Å². The lowest BCUT2D eigenvalue weighted by Gasteiger charge is -2.36. The number of ether oxygens (including phenoxy) is 2. The van der Waals surface area contributed by atoms with Crippen molar-refractivity contribution in [2.45, 2.75) is 44.3 Å². The quantitative estimate of drug-likeness (QED) is 0.766. The maximum absolute atomic E-state index is 10.7. The van der Waals surface area contributed by atoms with Crippen LogP contribution in [0.3, 0.4) is 0 Å². The monoisotopic (exact) mass is 213 g/mol. The molecule has 4 nitrogen and oxygen atoms in total. The van der Waals surface area contributed by atoms with Gasteiger partial charge in [0, 0.05) is 19.3 Å². The number of amides is 1. The fourth-order valence-electron chi connectivity index (χ4n) is 2.66. The third-order valence-corrected chi connectivity index (χ3v) is 3.38. The van der Waals surface area contributed by atoms with Gasteiger partial charge in [-0.25, -0.2) is 0 Å². The zero-order valence-electron chi connectivity index (χ0n) is 9.04. The zero-order valence-corrected chi connectivity index (χ0v) is 9.04. The average Bonchev–Trinajstić information content (AvgIpc) is 2.63. The van der Waals surface area contributed by atoms with E-state index in [9.17, 15) is 4.79 Å². The first kappa shape index (κ1) is 10.9. The van der Waals surface area contributed by atoms with E-state index in [1.165, 1.54) is 6.42 Å². The largest absolute Gasteiger partial charge is 0.370 e. The van der Waals surface area contributed by atoms with Gasteiger partial charge in [-0.05, 0) is 18.8 Å². The van der Waals surface area contributed by atoms with Crippen molar-refractivity contribution in [2.24, 2.45) is 11.7 Å². The Kier molecular flexibility index (Phi) is 3.26. The first-order valence-electron chi connectivity index (χ1n) is 5.76. The van der Waals surface area contributed by atoms with Crippen molar-refractivity contribution < 1.29 is 14.3 Å². The molecule has 1 atom stereocenters. The van der Waals surface area contributed by atoms with Crippen LogP contribution in [0.15, 0.2) is 0 Å². The molecule has 86 valence electrons. The van der Waals surface area contributed by atoms with Gasteiger partial charge in [0.1, 0.15) is 0 Å². The molecule has 0 aromatic rings. The molecule has 0 radical (unpaired) electrons. The second-order valence-electron chi connectivity index (χ2n) is 4.57. The molecule has 1 heterocycles. The molecule has 1 amide bonds. The summed E-state index contributed by atoms with van der Waals surface area (Å²) >= 11 is 0. The maximum Gasteiger partial charge on any atom is 0.217 e. The number of primary amides is 1. The summed E-state index contributed by atoms with van der Waals surface area (Å²) in [7, 11) is 0. The third-order valence-electron chi connectivity index (χ3n) is 3.38. The smallest absolute Gasteiger partial charge is 0.217 e. The Morgan fingerprint density at radius 3 is 2.80 bits per heavy atom. The van der Waals surface area contributed by atoms with Gasteiger partial charge in [0.2, 0.25) is 5.91 Å². The number of hydrogen-bond acceptors (Lipinski definition) is 3. The Morgan fingerprint density at radius 2 is 2.13 bits per heavy atom. The molecule has 1 unspecified atom stereocenters. The third kappa shape index (κ3) is 2.69. The van der Waals surface area contributed by atoms with Gasteiger partial charge in [0.05, 0.1) is 13.2 Å². The van der Waals surface area contributed by atoms with Gasteiger partial charge >= 0.3 is 0 Å². The molecule has 0 aromatic carbocycles. The Balaban J connectivity index is 1.84. The van der Waals surface area contributed by atoms with Crippen LogP contribution in [0.2, 0.25) is 0 Å². The van der Waals surface area contributed by atoms with Gasteiger partial charge in [-0.3, -0.25) is 4.79 Å². The van der Waals surface area contributed by atoms with Gasteiger partial charge in [-0.1, -0.05) is 6.42 Å². The Hall–Kier alpha value is -0.610. The Morgan fingerprint density at radius 1 is 1.40 bits per heavy atom. The van der Waals surface area contributed by atoms with Crippen molar-refractivity contribution in [3.63, 3.8) is 0 Å². The van der Waals surface area contributed by atoms with E-state index in [2.05, 4.69) is 0 Å². The predicted octanol–water partition coefficient (Wildman–Crippen LogP) is 1.19. The molecule has 1 aliphatic heterocycles. The number of nitrogens with two attached hydrogens (primary N) is 1. The number of hydrogen-bond donors (Lipinski definition) is 1. The number of carbonyl (C=O) groups is 1. The van der Waals surface area contributed by atoms with Crippen molar-refractivity contribution in [1.29, 1.82) is 0 Å². The summed E-state index contributed by atoms with van der Waals surface area (Å²) in [5, 5.41) is 0. The average molecular weight is 213 g/mol. The molecule has 1 aliphatic carbocycles. The van der Waals surface area contributed by atoms with Crippen LogP contribution in [-0.2, 0) is 14.3 Å². The van der Waals surface area contributed by atoms with Gasteiger partial charge in [-0.2, -0.15) is 0 Å². The highest BCUT2D eigenvalue weighted by Crippen LogP contribution is 2.40. The molecule has 1 saturated carbocycles. The normalized spacial score (nSPS) is 29.5. The van der Waals surface area contributed by atoms with E-state index in [-0.39, 0.29) is 11.7 Å². The first-order chi connectivity index (χ1) is 7.20. The number of carbonyl (C=O) groups excluding carboxylic acids is 1.